The number of rotatable bonds is 4. The predicted molar refractivity (Wildman–Crippen MR) is 67.2 cm³/mol. The van der Waals surface area contributed by atoms with Crippen LogP contribution in [-0.2, 0) is 4.74 Å². The number of halogens is 1. The summed E-state index contributed by atoms with van der Waals surface area (Å²) in [5.74, 6) is -0.538. The maximum Gasteiger partial charge on any atom is 0.300 e. The van der Waals surface area contributed by atoms with Gasteiger partial charge < -0.3 is 10.1 Å². The Morgan fingerprint density at radius 1 is 1.68 bits per heavy atom. The minimum Gasteiger partial charge on any atom is -0.380 e. The topological polar surface area (TPSA) is 94.4 Å². The van der Waals surface area contributed by atoms with E-state index in [0.29, 0.717) is 19.8 Å². The second-order valence-electron chi connectivity index (χ2n) is 4.77. The van der Waals surface area contributed by atoms with Crippen LogP contribution in [0.3, 0.4) is 0 Å². The molecule has 0 atom stereocenters. The van der Waals surface area contributed by atoms with Crippen molar-refractivity contribution in [3.8, 4) is 0 Å². The Morgan fingerprint density at radius 3 is 2.89 bits per heavy atom. The lowest BCUT2D eigenvalue weighted by Gasteiger charge is -2.37. The van der Waals surface area contributed by atoms with Crippen molar-refractivity contribution >= 4 is 23.2 Å². The monoisotopic (exact) mass is 285 g/mol. The first-order valence-electron chi connectivity index (χ1n) is 5.57. The number of carbonyl (C=O) groups is 1. The molecule has 0 aliphatic carbocycles. The van der Waals surface area contributed by atoms with E-state index in [0.717, 1.165) is 6.20 Å². The average Bonchev–Trinajstić information content (AvgIpc) is 2.33. The van der Waals surface area contributed by atoms with Gasteiger partial charge in [0.15, 0.2) is 0 Å². The minimum atomic E-state index is -0.660. The molecule has 1 saturated heterocycles. The van der Waals surface area contributed by atoms with Gasteiger partial charge in [-0.2, -0.15) is 0 Å². The number of carbonyl (C=O) groups excluding carboxylic acids is 1. The highest BCUT2D eigenvalue weighted by Crippen LogP contribution is 2.26. The second-order valence-corrected chi connectivity index (χ2v) is 5.15. The van der Waals surface area contributed by atoms with Crippen LogP contribution < -0.4 is 5.32 Å². The highest BCUT2D eigenvalue weighted by atomic mass is 35.5. The number of nitro groups is 1. The number of pyridine rings is 1. The first-order chi connectivity index (χ1) is 8.91. The predicted octanol–water partition coefficient (Wildman–Crippen LogP) is 1.41. The molecule has 1 aromatic rings. The fraction of sp³-hybridized carbons (Fsp3) is 0.455. The lowest BCUT2D eigenvalue weighted by molar-refractivity contribution is -0.385. The fourth-order valence-electron chi connectivity index (χ4n) is 1.69. The summed E-state index contributed by atoms with van der Waals surface area (Å²) in [5, 5.41) is 13.5. The molecule has 0 spiro atoms. The summed E-state index contributed by atoms with van der Waals surface area (Å²) in [4.78, 5) is 25.7. The van der Waals surface area contributed by atoms with Crippen LogP contribution in [-0.4, -0.2) is 35.6 Å². The van der Waals surface area contributed by atoms with Crippen LogP contribution in [0.2, 0.25) is 5.15 Å². The molecule has 102 valence electrons. The van der Waals surface area contributed by atoms with Gasteiger partial charge in [-0.15, -0.1) is 0 Å². The maximum absolute atomic E-state index is 12.0. The molecular formula is C11H12ClN3O4. The fourth-order valence-corrected chi connectivity index (χ4v) is 1.85. The van der Waals surface area contributed by atoms with Gasteiger partial charge in [-0.1, -0.05) is 18.5 Å². The molecule has 2 heterocycles. The summed E-state index contributed by atoms with van der Waals surface area (Å²) in [7, 11) is 0. The van der Waals surface area contributed by atoms with E-state index >= 15 is 0 Å². The Morgan fingerprint density at radius 2 is 2.37 bits per heavy atom. The van der Waals surface area contributed by atoms with E-state index in [4.69, 9.17) is 16.3 Å². The summed E-state index contributed by atoms with van der Waals surface area (Å²) in [6.07, 6.45) is 0.978. The molecule has 1 aromatic heterocycles. The largest absolute Gasteiger partial charge is 0.380 e. The van der Waals surface area contributed by atoms with E-state index < -0.39 is 10.8 Å². The Hall–Kier alpha value is -1.73. The first-order valence-corrected chi connectivity index (χ1v) is 5.95. The molecule has 0 radical (unpaired) electrons. The van der Waals surface area contributed by atoms with Crippen LogP contribution in [0.4, 0.5) is 5.69 Å². The van der Waals surface area contributed by atoms with Crippen LogP contribution in [0, 0.1) is 15.5 Å². The average molecular weight is 286 g/mol. The van der Waals surface area contributed by atoms with Gasteiger partial charge in [-0.25, -0.2) is 4.98 Å². The summed E-state index contributed by atoms with van der Waals surface area (Å²) in [6.45, 7) is 3.48. The molecule has 1 fully saturated rings. The number of nitrogens with one attached hydrogen (secondary N) is 1. The number of hydrogen-bond acceptors (Lipinski definition) is 5. The SMILES string of the molecule is CC1(CNC(=O)c2cc(Cl)ncc2[N+](=O)[O-])COC1. The van der Waals surface area contributed by atoms with Gasteiger partial charge in [0.1, 0.15) is 16.9 Å². The number of nitrogens with zero attached hydrogens (tertiary/aromatic N) is 2. The van der Waals surface area contributed by atoms with Crippen LogP contribution in [0.5, 0.6) is 0 Å². The van der Waals surface area contributed by atoms with Crippen molar-refractivity contribution in [3.05, 3.63) is 33.1 Å². The zero-order valence-corrected chi connectivity index (χ0v) is 10.9. The molecule has 8 heteroatoms. The summed E-state index contributed by atoms with van der Waals surface area (Å²) < 4.78 is 5.07. The van der Waals surface area contributed by atoms with E-state index in [1.165, 1.54) is 6.07 Å². The minimum absolute atomic E-state index is 0.0361. The van der Waals surface area contributed by atoms with Crippen molar-refractivity contribution in [3.63, 3.8) is 0 Å². The van der Waals surface area contributed by atoms with E-state index in [1.807, 2.05) is 6.92 Å². The molecule has 1 aliphatic rings. The Kier molecular flexibility index (Phi) is 3.68. The van der Waals surface area contributed by atoms with Gasteiger partial charge in [0.05, 0.1) is 18.1 Å². The van der Waals surface area contributed by atoms with Gasteiger partial charge >= 0.3 is 0 Å². The standard InChI is InChI=1S/C11H12ClN3O4/c1-11(5-19-6-11)4-14-10(16)7-2-9(12)13-3-8(7)15(17)18/h2-3H,4-6H2,1H3,(H,14,16). The molecular weight excluding hydrogens is 274 g/mol. The van der Waals surface area contributed by atoms with E-state index in [1.54, 1.807) is 0 Å². The number of hydrogen-bond donors (Lipinski definition) is 1. The molecule has 0 unspecified atom stereocenters. The lowest BCUT2D eigenvalue weighted by Crippen LogP contribution is -2.48. The maximum atomic E-state index is 12.0. The summed E-state index contributed by atoms with van der Waals surface area (Å²) >= 11 is 5.66. The van der Waals surface area contributed by atoms with E-state index in [-0.39, 0.29) is 21.8 Å². The molecule has 1 aliphatic heterocycles. The zero-order chi connectivity index (χ0) is 14.0. The van der Waals surface area contributed by atoms with Crippen molar-refractivity contribution in [2.45, 2.75) is 6.92 Å². The zero-order valence-electron chi connectivity index (χ0n) is 10.2. The molecule has 0 bridgehead atoms. The quantitative estimate of drug-likeness (QED) is 0.513. The van der Waals surface area contributed by atoms with Crippen LogP contribution in [0.15, 0.2) is 12.3 Å². The molecule has 0 aromatic carbocycles. The number of ether oxygens (including phenoxy) is 1. The Bertz CT molecular complexity index is 531. The normalized spacial score (nSPS) is 16.5. The molecule has 1 N–H and O–H groups in total. The van der Waals surface area contributed by atoms with Crippen molar-refractivity contribution in [2.24, 2.45) is 5.41 Å². The molecule has 19 heavy (non-hydrogen) atoms. The molecule has 0 saturated carbocycles. The first kappa shape index (κ1) is 13.7. The van der Waals surface area contributed by atoms with Crippen molar-refractivity contribution < 1.29 is 14.5 Å². The number of amides is 1. The van der Waals surface area contributed by atoms with Gasteiger partial charge in [0.2, 0.25) is 0 Å². The van der Waals surface area contributed by atoms with E-state index in [9.17, 15) is 14.9 Å². The molecule has 7 nitrogen and oxygen atoms in total. The lowest BCUT2D eigenvalue weighted by atomic mass is 9.88. The highest BCUT2D eigenvalue weighted by molar-refractivity contribution is 6.29. The highest BCUT2D eigenvalue weighted by Gasteiger charge is 2.34. The third kappa shape index (κ3) is 2.99. The summed E-state index contributed by atoms with van der Waals surface area (Å²) in [5.41, 5.74) is -0.563. The Labute approximate surface area is 114 Å². The smallest absolute Gasteiger partial charge is 0.300 e. The van der Waals surface area contributed by atoms with Crippen LogP contribution >= 0.6 is 11.6 Å². The van der Waals surface area contributed by atoms with Crippen LogP contribution in [0.25, 0.3) is 0 Å². The van der Waals surface area contributed by atoms with Crippen molar-refractivity contribution in [1.82, 2.24) is 10.3 Å². The summed E-state index contributed by atoms with van der Waals surface area (Å²) in [6, 6.07) is 1.19. The van der Waals surface area contributed by atoms with Crippen molar-refractivity contribution in [1.29, 1.82) is 0 Å². The second kappa shape index (κ2) is 5.10. The third-order valence-electron chi connectivity index (χ3n) is 2.87. The van der Waals surface area contributed by atoms with Crippen LogP contribution in [0.1, 0.15) is 17.3 Å². The van der Waals surface area contributed by atoms with E-state index in [2.05, 4.69) is 10.3 Å². The van der Waals surface area contributed by atoms with Gasteiger partial charge in [0, 0.05) is 12.0 Å². The molecule has 2 rings (SSSR count). The Balaban J connectivity index is 2.13. The number of aromatic nitrogens is 1. The van der Waals surface area contributed by atoms with Gasteiger partial charge in [0.25, 0.3) is 11.6 Å². The molecule has 1 amide bonds. The van der Waals surface area contributed by atoms with Crippen molar-refractivity contribution in [2.75, 3.05) is 19.8 Å². The van der Waals surface area contributed by atoms with Gasteiger partial charge in [-0.05, 0) is 6.07 Å². The third-order valence-corrected chi connectivity index (χ3v) is 3.07. The van der Waals surface area contributed by atoms with Gasteiger partial charge in [-0.3, -0.25) is 14.9 Å².